The monoisotopic (exact) mass is 381 g/mol. The van der Waals surface area contributed by atoms with Crippen molar-refractivity contribution in [2.75, 3.05) is 18.4 Å². The van der Waals surface area contributed by atoms with Crippen LogP contribution in [-0.2, 0) is 0 Å². The van der Waals surface area contributed by atoms with Gasteiger partial charge in [-0.05, 0) is 37.2 Å². The second-order valence-electron chi connectivity index (χ2n) is 6.36. The molecule has 0 bridgehead atoms. The first-order valence-electron chi connectivity index (χ1n) is 8.56. The molecular formula is C19H16ClN5S. The zero-order valence-electron chi connectivity index (χ0n) is 13.9. The van der Waals surface area contributed by atoms with Crippen LogP contribution in [0.5, 0.6) is 0 Å². The highest BCUT2D eigenvalue weighted by molar-refractivity contribution is 7.26. The van der Waals surface area contributed by atoms with Crippen LogP contribution < -0.4 is 10.6 Å². The summed E-state index contributed by atoms with van der Waals surface area (Å²) >= 11 is 8.19. The third kappa shape index (κ3) is 2.70. The topological polar surface area (TPSA) is 62.7 Å². The first-order chi connectivity index (χ1) is 12.8. The molecule has 5 nitrogen and oxygen atoms in total. The predicted octanol–water partition coefficient (Wildman–Crippen LogP) is 4.33. The van der Waals surface area contributed by atoms with Gasteiger partial charge in [0.2, 0.25) is 0 Å². The average Bonchev–Trinajstić information content (AvgIpc) is 3.30. The van der Waals surface area contributed by atoms with E-state index in [4.69, 9.17) is 21.6 Å². The zero-order chi connectivity index (χ0) is 17.5. The molecule has 2 N–H and O–H groups in total. The Morgan fingerprint density at radius 3 is 2.85 bits per heavy atom. The Bertz CT molecular complexity index is 1090. The fourth-order valence-electron chi connectivity index (χ4n) is 3.34. The van der Waals surface area contributed by atoms with E-state index in [2.05, 4.69) is 21.7 Å². The number of pyridine rings is 1. The van der Waals surface area contributed by atoms with Gasteiger partial charge in [0.15, 0.2) is 5.82 Å². The van der Waals surface area contributed by atoms with Crippen molar-refractivity contribution in [2.24, 2.45) is 0 Å². The summed E-state index contributed by atoms with van der Waals surface area (Å²) in [5.74, 6) is 1.57. The molecule has 4 heterocycles. The third-order valence-electron chi connectivity index (χ3n) is 4.63. The second kappa shape index (κ2) is 6.46. The van der Waals surface area contributed by atoms with Gasteiger partial charge in [0.25, 0.3) is 0 Å². The van der Waals surface area contributed by atoms with Crippen molar-refractivity contribution in [1.29, 1.82) is 0 Å². The normalized spacial score (nSPS) is 17.2. The lowest BCUT2D eigenvalue weighted by Crippen LogP contribution is -2.22. The van der Waals surface area contributed by atoms with Crippen LogP contribution in [0.3, 0.4) is 0 Å². The van der Waals surface area contributed by atoms with E-state index in [0.29, 0.717) is 11.9 Å². The van der Waals surface area contributed by atoms with Crippen molar-refractivity contribution in [3.63, 3.8) is 0 Å². The number of hydrogen-bond donors (Lipinski definition) is 2. The average molecular weight is 382 g/mol. The van der Waals surface area contributed by atoms with E-state index in [0.717, 1.165) is 56.2 Å². The summed E-state index contributed by atoms with van der Waals surface area (Å²) in [4.78, 5) is 13.8. The number of aromatic nitrogens is 3. The van der Waals surface area contributed by atoms with Crippen LogP contribution in [0.15, 0.2) is 42.7 Å². The molecule has 26 heavy (non-hydrogen) atoms. The number of thiophene rings is 1. The molecule has 0 radical (unpaired) electrons. The van der Waals surface area contributed by atoms with E-state index in [1.165, 1.54) is 0 Å². The highest BCUT2D eigenvalue weighted by Crippen LogP contribution is 2.40. The Balaban J connectivity index is 1.77. The molecule has 4 aromatic rings. The predicted molar refractivity (Wildman–Crippen MR) is 108 cm³/mol. The highest BCUT2D eigenvalue weighted by atomic mass is 35.5. The molecule has 7 heteroatoms. The number of anilines is 1. The van der Waals surface area contributed by atoms with E-state index in [9.17, 15) is 0 Å². The van der Waals surface area contributed by atoms with Crippen LogP contribution in [0.4, 0.5) is 5.82 Å². The summed E-state index contributed by atoms with van der Waals surface area (Å²) in [7, 11) is 0. The maximum atomic E-state index is 6.50. The van der Waals surface area contributed by atoms with Gasteiger partial charge in [0, 0.05) is 40.6 Å². The van der Waals surface area contributed by atoms with Crippen LogP contribution >= 0.6 is 22.9 Å². The SMILES string of the molecule is Clc1cccc2sc3c(NC4CCNC4)nc(-c4ccncc4)nc3c12. The van der Waals surface area contributed by atoms with Crippen LogP contribution in [0.2, 0.25) is 5.02 Å². The van der Waals surface area contributed by atoms with Crippen molar-refractivity contribution in [1.82, 2.24) is 20.3 Å². The Morgan fingerprint density at radius 1 is 1.15 bits per heavy atom. The van der Waals surface area contributed by atoms with Gasteiger partial charge in [-0.15, -0.1) is 11.3 Å². The molecule has 0 amide bonds. The molecule has 0 aliphatic carbocycles. The quantitative estimate of drug-likeness (QED) is 0.553. The second-order valence-corrected chi connectivity index (χ2v) is 7.82. The van der Waals surface area contributed by atoms with Crippen molar-refractivity contribution >= 4 is 49.1 Å². The van der Waals surface area contributed by atoms with Crippen molar-refractivity contribution < 1.29 is 0 Å². The molecule has 130 valence electrons. The van der Waals surface area contributed by atoms with E-state index < -0.39 is 0 Å². The first kappa shape index (κ1) is 15.9. The summed E-state index contributed by atoms with van der Waals surface area (Å²) in [6.45, 7) is 1.98. The van der Waals surface area contributed by atoms with Gasteiger partial charge >= 0.3 is 0 Å². The third-order valence-corrected chi connectivity index (χ3v) is 6.10. The molecule has 5 rings (SSSR count). The highest BCUT2D eigenvalue weighted by Gasteiger charge is 2.20. The van der Waals surface area contributed by atoms with Gasteiger partial charge in [-0.25, -0.2) is 9.97 Å². The molecule has 0 spiro atoms. The van der Waals surface area contributed by atoms with Crippen LogP contribution in [0.25, 0.3) is 31.7 Å². The standard InChI is InChI=1S/C19H16ClN5S/c20-13-2-1-3-14-15(13)16-17(26-14)19(23-12-6-9-22-10-12)25-18(24-16)11-4-7-21-8-5-11/h1-5,7-8,12,22H,6,9-10H2,(H,23,24,25). The van der Waals surface area contributed by atoms with E-state index in [1.54, 1.807) is 23.7 Å². The smallest absolute Gasteiger partial charge is 0.162 e. The summed E-state index contributed by atoms with van der Waals surface area (Å²) in [5, 5.41) is 8.73. The van der Waals surface area contributed by atoms with Crippen molar-refractivity contribution in [2.45, 2.75) is 12.5 Å². The lowest BCUT2D eigenvalue weighted by molar-refractivity contribution is 0.789. The molecule has 1 aliphatic rings. The lowest BCUT2D eigenvalue weighted by Gasteiger charge is -2.13. The molecule has 0 saturated carbocycles. The Hall–Kier alpha value is -2.28. The Kier molecular flexibility index (Phi) is 3.96. The van der Waals surface area contributed by atoms with E-state index >= 15 is 0 Å². The zero-order valence-corrected chi connectivity index (χ0v) is 15.4. The molecule has 1 aliphatic heterocycles. The molecule has 1 atom stereocenters. The summed E-state index contributed by atoms with van der Waals surface area (Å²) in [5.41, 5.74) is 1.85. The van der Waals surface area contributed by atoms with Gasteiger partial charge in [0.1, 0.15) is 5.82 Å². The molecule has 3 aromatic heterocycles. The number of nitrogens with one attached hydrogen (secondary N) is 2. The minimum atomic E-state index is 0.374. The molecule has 1 saturated heterocycles. The minimum Gasteiger partial charge on any atom is -0.365 e. The number of nitrogens with zero attached hydrogens (tertiary/aromatic N) is 3. The summed E-state index contributed by atoms with van der Waals surface area (Å²) < 4.78 is 2.18. The number of benzene rings is 1. The largest absolute Gasteiger partial charge is 0.365 e. The fourth-order valence-corrected chi connectivity index (χ4v) is 4.79. The minimum absolute atomic E-state index is 0.374. The molecule has 1 aromatic carbocycles. The Labute approximate surface area is 159 Å². The molecule has 1 unspecified atom stereocenters. The maximum Gasteiger partial charge on any atom is 0.162 e. The van der Waals surface area contributed by atoms with Gasteiger partial charge in [-0.2, -0.15) is 0 Å². The van der Waals surface area contributed by atoms with Gasteiger partial charge in [0.05, 0.1) is 15.2 Å². The van der Waals surface area contributed by atoms with Gasteiger partial charge in [-0.3, -0.25) is 4.98 Å². The van der Waals surface area contributed by atoms with Crippen molar-refractivity contribution in [3.05, 3.63) is 47.7 Å². The van der Waals surface area contributed by atoms with Crippen molar-refractivity contribution in [3.8, 4) is 11.4 Å². The first-order valence-corrected chi connectivity index (χ1v) is 9.75. The molecule has 1 fully saturated rings. The maximum absolute atomic E-state index is 6.50. The number of rotatable bonds is 3. The van der Waals surface area contributed by atoms with Gasteiger partial charge < -0.3 is 10.6 Å². The number of halogens is 1. The Morgan fingerprint density at radius 2 is 2.04 bits per heavy atom. The van der Waals surface area contributed by atoms with E-state index in [1.807, 2.05) is 24.3 Å². The lowest BCUT2D eigenvalue weighted by atomic mass is 10.2. The summed E-state index contributed by atoms with van der Waals surface area (Å²) in [6.07, 6.45) is 4.60. The van der Waals surface area contributed by atoms with E-state index in [-0.39, 0.29) is 0 Å². The fraction of sp³-hybridized carbons (Fsp3) is 0.211. The van der Waals surface area contributed by atoms with Crippen LogP contribution in [-0.4, -0.2) is 34.1 Å². The van der Waals surface area contributed by atoms with Gasteiger partial charge in [-0.1, -0.05) is 17.7 Å². The number of fused-ring (bicyclic) bond motifs is 3. The molecular weight excluding hydrogens is 366 g/mol. The number of hydrogen-bond acceptors (Lipinski definition) is 6. The summed E-state index contributed by atoms with van der Waals surface area (Å²) in [6, 6.07) is 10.2. The van der Waals surface area contributed by atoms with Crippen LogP contribution in [0, 0.1) is 0 Å². The van der Waals surface area contributed by atoms with Crippen LogP contribution in [0.1, 0.15) is 6.42 Å².